The van der Waals surface area contributed by atoms with Gasteiger partial charge in [0, 0.05) is 13.0 Å². The van der Waals surface area contributed by atoms with Gasteiger partial charge in [-0.25, -0.2) is 0 Å². The van der Waals surface area contributed by atoms with Crippen LogP contribution >= 0.6 is 15.9 Å². The van der Waals surface area contributed by atoms with Crippen molar-refractivity contribution in [2.45, 2.75) is 38.6 Å². The largest absolute Gasteiger partial charge is 0.481 e. The number of carbonyl (C=O) groups is 2. The summed E-state index contributed by atoms with van der Waals surface area (Å²) in [6.07, 6.45) is 3.78. The highest BCUT2D eigenvalue weighted by Gasteiger charge is 2.40. The Kier molecular flexibility index (Phi) is 4.86. The topological polar surface area (TPSA) is 70.8 Å². The molecular weight excluding hydrogens is 326 g/mol. The zero-order valence-electron chi connectivity index (χ0n) is 11.3. The minimum absolute atomic E-state index is 0.00361. The molecule has 0 saturated carbocycles. The average Bonchev–Trinajstić information content (AvgIpc) is 2.74. The molecule has 1 saturated heterocycles. The van der Waals surface area contributed by atoms with Crippen molar-refractivity contribution in [1.29, 1.82) is 0 Å². The lowest BCUT2D eigenvalue weighted by molar-refractivity contribution is -0.146. The minimum atomic E-state index is -0.880. The van der Waals surface area contributed by atoms with E-state index in [9.17, 15) is 14.7 Å². The van der Waals surface area contributed by atoms with Gasteiger partial charge in [-0.2, -0.15) is 0 Å². The minimum Gasteiger partial charge on any atom is -0.481 e. The monoisotopic (exact) mass is 343 g/mol. The molecule has 1 aliphatic heterocycles. The van der Waals surface area contributed by atoms with Gasteiger partial charge >= 0.3 is 5.97 Å². The summed E-state index contributed by atoms with van der Waals surface area (Å²) in [5, 5.41) is 9.50. The third kappa shape index (κ3) is 2.90. The van der Waals surface area contributed by atoms with Gasteiger partial charge in [-0.15, -0.1) is 0 Å². The molecule has 5 nitrogen and oxygen atoms in total. The smallest absolute Gasteiger partial charge is 0.309 e. The molecule has 1 amide bonds. The van der Waals surface area contributed by atoms with Crippen LogP contribution in [0.2, 0.25) is 0 Å². The summed E-state index contributed by atoms with van der Waals surface area (Å²) >= 11 is 3.38. The number of carboxylic acids is 1. The molecule has 1 aromatic rings. The quantitative estimate of drug-likeness (QED) is 0.911. The molecule has 110 valence electrons. The summed E-state index contributed by atoms with van der Waals surface area (Å²) in [5.41, 5.74) is 0. The Bertz CT molecular complexity index is 499. The summed E-state index contributed by atoms with van der Waals surface area (Å²) in [6.45, 7) is 2.52. The van der Waals surface area contributed by atoms with Crippen LogP contribution in [0.4, 0.5) is 0 Å². The van der Waals surface area contributed by atoms with Crippen LogP contribution in [0.15, 0.2) is 21.2 Å². The van der Waals surface area contributed by atoms with Gasteiger partial charge in [-0.3, -0.25) is 9.59 Å². The highest BCUT2D eigenvalue weighted by Crippen LogP contribution is 2.39. The Labute approximate surface area is 126 Å². The second kappa shape index (κ2) is 6.43. The Morgan fingerprint density at radius 1 is 1.60 bits per heavy atom. The predicted molar refractivity (Wildman–Crippen MR) is 76.1 cm³/mol. The van der Waals surface area contributed by atoms with Gasteiger partial charge in [0.05, 0.1) is 16.7 Å². The molecule has 1 fully saturated rings. The molecule has 0 aromatic carbocycles. The van der Waals surface area contributed by atoms with Gasteiger partial charge in [0.2, 0.25) is 5.91 Å². The number of carboxylic acid groups (broad SMARTS) is 1. The molecule has 2 rings (SSSR count). The highest BCUT2D eigenvalue weighted by molar-refractivity contribution is 9.10. The highest BCUT2D eigenvalue weighted by atomic mass is 79.9. The normalized spacial score (nSPS) is 23.7. The molecule has 2 unspecified atom stereocenters. The fourth-order valence-electron chi connectivity index (χ4n) is 2.75. The van der Waals surface area contributed by atoms with Crippen LogP contribution in [0.25, 0.3) is 0 Å². The van der Waals surface area contributed by atoms with Crippen molar-refractivity contribution in [3.63, 3.8) is 0 Å². The second-order valence-corrected chi connectivity index (χ2v) is 5.86. The number of hydrogen-bond donors (Lipinski definition) is 1. The van der Waals surface area contributed by atoms with Gasteiger partial charge in [0.25, 0.3) is 0 Å². The molecule has 6 heteroatoms. The number of carbonyl (C=O) groups excluding carboxylic acids is 1. The number of amides is 1. The van der Waals surface area contributed by atoms with Crippen molar-refractivity contribution in [3.05, 3.63) is 22.6 Å². The Morgan fingerprint density at radius 2 is 2.35 bits per heavy atom. The van der Waals surface area contributed by atoms with E-state index in [1.54, 1.807) is 11.0 Å². The van der Waals surface area contributed by atoms with Gasteiger partial charge in [0.15, 0.2) is 0 Å². The SMILES string of the molecule is CCCN1C(=O)CCCC(C(=O)O)C1c1occc1Br. The summed E-state index contributed by atoms with van der Waals surface area (Å²) in [6, 6.07) is 1.19. The lowest BCUT2D eigenvalue weighted by atomic mass is 9.93. The van der Waals surface area contributed by atoms with Crippen LogP contribution in [0.5, 0.6) is 0 Å². The van der Waals surface area contributed by atoms with Crippen LogP contribution in [0.1, 0.15) is 44.4 Å². The fourth-order valence-corrected chi connectivity index (χ4v) is 3.19. The summed E-state index contributed by atoms with van der Waals surface area (Å²) in [4.78, 5) is 25.5. The average molecular weight is 344 g/mol. The molecule has 20 heavy (non-hydrogen) atoms. The first-order valence-electron chi connectivity index (χ1n) is 6.81. The molecule has 1 aromatic heterocycles. The van der Waals surface area contributed by atoms with Gasteiger partial charge in [0.1, 0.15) is 11.8 Å². The molecule has 2 atom stereocenters. The van der Waals surface area contributed by atoms with Crippen molar-refractivity contribution in [3.8, 4) is 0 Å². The summed E-state index contributed by atoms with van der Waals surface area (Å²) < 4.78 is 6.17. The maximum absolute atomic E-state index is 12.3. The Balaban J connectivity index is 2.46. The summed E-state index contributed by atoms with van der Waals surface area (Å²) in [7, 11) is 0. The van der Waals surface area contributed by atoms with E-state index in [0.29, 0.717) is 36.0 Å². The van der Waals surface area contributed by atoms with Crippen molar-refractivity contribution in [2.75, 3.05) is 6.54 Å². The van der Waals surface area contributed by atoms with E-state index in [2.05, 4.69) is 15.9 Å². The van der Waals surface area contributed by atoms with Crippen LogP contribution in [-0.4, -0.2) is 28.4 Å². The lowest BCUT2D eigenvalue weighted by Gasteiger charge is -2.32. The molecular formula is C14H18BrNO4. The van der Waals surface area contributed by atoms with Gasteiger partial charge in [-0.1, -0.05) is 6.92 Å². The first-order chi connectivity index (χ1) is 9.56. The van der Waals surface area contributed by atoms with Crippen LogP contribution < -0.4 is 0 Å². The van der Waals surface area contributed by atoms with E-state index in [0.717, 1.165) is 6.42 Å². The molecule has 2 heterocycles. The number of hydrogen-bond acceptors (Lipinski definition) is 3. The zero-order chi connectivity index (χ0) is 14.7. The lowest BCUT2D eigenvalue weighted by Crippen LogP contribution is -2.39. The molecule has 0 spiro atoms. The maximum Gasteiger partial charge on any atom is 0.309 e. The Hall–Kier alpha value is -1.30. The molecule has 0 bridgehead atoms. The number of likely N-dealkylation sites (tertiary alicyclic amines) is 1. The van der Waals surface area contributed by atoms with Crippen molar-refractivity contribution in [1.82, 2.24) is 4.90 Å². The summed E-state index contributed by atoms with van der Waals surface area (Å²) in [5.74, 6) is -0.977. The number of rotatable bonds is 4. The second-order valence-electron chi connectivity index (χ2n) is 5.00. The number of nitrogens with zero attached hydrogens (tertiary/aromatic N) is 1. The third-order valence-corrected chi connectivity index (χ3v) is 4.29. The third-order valence-electron chi connectivity index (χ3n) is 3.64. The van der Waals surface area contributed by atoms with Crippen LogP contribution in [-0.2, 0) is 9.59 Å². The van der Waals surface area contributed by atoms with E-state index in [1.165, 1.54) is 6.26 Å². The van der Waals surface area contributed by atoms with Crippen molar-refractivity contribution >= 4 is 27.8 Å². The van der Waals surface area contributed by atoms with Gasteiger partial charge in [-0.05, 0) is 41.3 Å². The van der Waals surface area contributed by atoms with Crippen molar-refractivity contribution < 1.29 is 19.1 Å². The molecule has 0 aliphatic carbocycles. The van der Waals surface area contributed by atoms with E-state index < -0.39 is 17.9 Å². The molecule has 0 radical (unpaired) electrons. The fraction of sp³-hybridized carbons (Fsp3) is 0.571. The van der Waals surface area contributed by atoms with Crippen LogP contribution in [0, 0.1) is 5.92 Å². The van der Waals surface area contributed by atoms with E-state index in [4.69, 9.17) is 4.42 Å². The molecule has 1 aliphatic rings. The van der Waals surface area contributed by atoms with E-state index in [1.807, 2.05) is 6.92 Å². The first-order valence-corrected chi connectivity index (χ1v) is 7.60. The standard InChI is InChI=1S/C14H18BrNO4/c1-2-7-16-11(17)5-3-4-9(14(18)19)12(16)13-10(15)6-8-20-13/h6,8-9,12H,2-5,7H2,1H3,(H,18,19). The maximum atomic E-state index is 12.3. The number of furan rings is 1. The van der Waals surface area contributed by atoms with E-state index in [-0.39, 0.29) is 5.91 Å². The van der Waals surface area contributed by atoms with E-state index >= 15 is 0 Å². The number of halogens is 1. The zero-order valence-corrected chi connectivity index (χ0v) is 12.9. The first kappa shape index (κ1) is 15.1. The van der Waals surface area contributed by atoms with Crippen molar-refractivity contribution in [2.24, 2.45) is 5.92 Å². The van der Waals surface area contributed by atoms with Crippen LogP contribution in [0.3, 0.4) is 0 Å². The molecule has 1 N–H and O–H groups in total. The Morgan fingerprint density at radius 3 is 2.90 bits per heavy atom. The number of aliphatic carboxylic acids is 1. The van der Waals surface area contributed by atoms with Gasteiger partial charge < -0.3 is 14.4 Å². The predicted octanol–water partition coefficient (Wildman–Crippen LogP) is 3.21.